The second kappa shape index (κ2) is 7.26. The highest BCUT2D eigenvalue weighted by atomic mass is 16.1. The highest BCUT2D eigenvalue weighted by Gasteiger charge is 2.21. The number of amides is 1. The summed E-state index contributed by atoms with van der Waals surface area (Å²) in [6.07, 6.45) is 2.36. The molecule has 1 aliphatic rings. The molecule has 4 heteroatoms. The molecule has 4 nitrogen and oxygen atoms in total. The molecule has 3 N–H and O–H groups in total. The molecule has 1 amide bonds. The van der Waals surface area contributed by atoms with Gasteiger partial charge in [-0.1, -0.05) is 17.9 Å². The van der Waals surface area contributed by atoms with Crippen LogP contribution in [-0.2, 0) is 0 Å². The van der Waals surface area contributed by atoms with E-state index < -0.39 is 0 Å². The van der Waals surface area contributed by atoms with Crippen molar-refractivity contribution in [3.05, 3.63) is 34.9 Å². The fourth-order valence-corrected chi connectivity index (χ4v) is 2.71. The van der Waals surface area contributed by atoms with E-state index in [0.29, 0.717) is 24.7 Å². The molecule has 112 valence electrons. The monoisotopic (exact) mass is 285 g/mol. The quantitative estimate of drug-likeness (QED) is 0.819. The van der Waals surface area contributed by atoms with Crippen LogP contribution in [0.5, 0.6) is 0 Å². The van der Waals surface area contributed by atoms with E-state index in [9.17, 15) is 4.79 Å². The third kappa shape index (κ3) is 3.84. The largest absolute Gasteiger partial charge is 0.350 e. The molecule has 0 aliphatic carbocycles. The maximum atomic E-state index is 12.4. The number of likely N-dealkylation sites (N-methyl/N-ethyl adjacent to an activating group) is 1. The number of hydrogen-bond donors (Lipinski definition) is 2. The predicted octanol–water partition coefficient (Wildman–Crippen LogP) is 1.13. The van der Waals surface area contributed by atoms with E-state index in [1.54, 1.807) is 0 Å². The highest BCUT2D eigenvalue weighted by molar-refractivity contribution is 5.96. The maximum absolute atomic E-state index is 12.4. The van der Waals surface area contributed by atoms with Crippen molar-refractivity contribution in [3.8, 4) is 11.8 Å². The Kier molecular flexibility index (Phi) is 5.38. The van der Waals surface area contributed by atoms with E-state index in [-0.39, 0.29) is 5.91 Å². The molecular weight excluding hydrogens is 262 g/mol. The molecule has 0 bridgehead atoms. The lowest BCUT2D eigenvalue weighted by Gasteiger charge is -2.20. The van der Waals surface area contributed by atoms with Gasteiger partial charge in [-0.05, 0) is 51.1 Å². The highest BCUT2D eigenvalue weighted by Crippen LogP contribution is 2.15. The van der Waals surface area contributed by atoms with Crippen molar-refractivity contribution < 1.29 is 4.79 Å². The summed E-state index contributed by atoms with van der Waals surface area (Å²) in [7, 11) is 2.11. The number of nitrogens with zero attached hydrogens (tertiary/aromatic N) is 1. The maximum Gasteiger partial charge on any atom is 0.251 e. The molecule has 1 atom stereocenters. The minimum absolute atomic E-state index is 0.0239. The first-order valence-corrected chi connectivity index (χ1v) is 7.40. The smallest absolute Gasteiger partial charge is 0.251 e. The summed E-state index contributed by atoms with van der Waals surface area (Å²) in [6.45, 7) is 4.07. The summed E-state index contributed by atoms with van der Waals surface area (Å²) in [5.74, 6) is 5.82. The van der Waals surface area contributed by atoms with Crippen molar-refractivity contribution in [3.63, 3.8) is 0 Å². The van der Waals surface area contributed by atoms with Gasteiger partial charge < -0.3 is 16.0 Å². The first kappa shape index (κ1) is 15.6. The second-order valence-corrected chi connectivity index (χ2v) is 5.47. The Hall–Kier alpha value is -1.83. The topological polar surface area (TPSA) is 58.4 Å². The molecule has 0 spiro atoms. The molecule has 0 aromatic heterocycles. The molecule has 2 rings (SSSR count). The molecule has 21 heavy (non-hydrogen) atoms. The van der Waals surface area contributed by atoms with Crippen LogP contribution in [0.3, 0.4) is 0 Å². The lowest BCUT2D eigenvalue weighted by molar-refractivity contribution is 0.0943. The van der Waals surface area contributed by atoms with Crippen molar-refractivity contribution >= 4 is 5.91 Å². The van der Waals surface area contributed by atoms with Crippen molar-refractivity contribution in [1.82, 2.24) is 10.2 Å². The minimum Gasteiger partial charge on any atom is -0.350 e. The molecule has 1 aromatic rings. The van der Waals surface area contributed by atoms with E-state index in [1.807, 2.05) is 25.1 Å². The van der Waals surface area contributed by atoms with Crippen LogP contribution in [0.25, 0.3) is 0 Å². The van der Waals surface area contributed by atoms with Crippen molar-refractivity contribution in [1.29, 1.82) is 0 Å². The molecule has 1 aromatic carbocycles. The van der Waals surface area contributed by atoms with Gasteiger partial charge in [0.05, 0.1) is 6.54 Å². The van der Waals surface area contributed by atoms with E-state index in [2.05, 4.69) is 29.1 Å². The molecule has 1 saturated heterocycles. The minimum atomic E-state index is -0.0239. The Balaban J connectivity index is 2.05. The first-order chi connectivity index (χ1) is 10.1. The van der Waals surface area contributed by atoms with Crippen LogP contribution >= 0.6 is 0 Å². The Morgan fingerprint density at radius 3 is 3.00 bits per heavy atom. The lowest BCUT2D eigenvalue weighted by Crippen LogP contribution is -2.38. The van der Waals surface area contributed by atoms with Gasteiger partial charge >= 0.3 is 0 Å². The van der Waals surface area contributed by atoms with Gasteiger partial charge in [0, 0.05) is 23.7 Å². The number of rotatable bonds is 3. The van der Waals surface area contributed by atoms with Crippen LogP contribution in [0.15, 0.2) is 18.2 Å². The number of nitrogens with one attached hydrogen (secondary N) is 1. The first-order valence-electron chi connectivity index (χ1n) is 7.40. The molecule has 0 saturated carbocycles. The van der Waals surface area contributed by atoms with Crippen LogP contribution in [0.1, 0.15) is 34.3 Å². The predicted molar refractivity (Wildman–Crippen MR) is 85.1 cm³/mol. The molecule has 1 unspecified atom stereocenters. The van der Waals surface area contributed by atoms with E-state index in [1.165, 1.54) is 6.42 Å². The Morgan fingerprint density at radius 1 is 1.52 bits per heavy atom. The Bertz CT molecular complexity index is 571. The van der Waals surface area contributed by atoms with Crippen LogP contribution in [0.2, 0.25) is 0 Å². The van der Waals surface area contributed by atoms with Gasteiger partial charge in [0.2, 0.25) is 0 Å². The zero-order valence-corrected chi connectivity index (χ0v) is 12.8. The summed E-state index contributed by atoms with van der Waals surface area (Å²) in [5.41, 5.74) is 7.87. The van der Waals surface area contributed by atoms with Gasteiger partial charge in [-0.15, -0.1) is 0 Å². The normalized spacial score (nSPS) is 18.1. The number of carbonyl (C=O) groups excluding carboxylic acids is 1. The third-order valence-electron chi connectivity index (χ3n) is 4.07. The van der Waals surface area contributed by atoms with Crippen LogP contribution in [0, 0.1) is 18.8 Å². The SMILES string of the molecule is Cc1c(C#CCN)cccc1C(=O)NCC1CCCN1C. The van der Waals surface area contributed by atoms with Gasteiger partial charge in [-0.25, -0.2) is 0 Å². The Labute approximate surface area is 126 Å². The number of carbonyl (C=O) groups is 1. The fourth-order valence-electron chi connectivity index (χ4n) is 2.71. The van der Waals surface area contributed by atoms with Gasteiger partial charge in [0.1, 0.15) is 0 Å². The molecule has 1 fully saturated rings. The summed E-state index contributed by atoms with van der Waals surface area (Å²) in [6, 6.07) is 6.08. The van der Waals surface area contributed by atoms with Crippen molar-refractivity contribution in [2.45, 2.75) is 25.8 Å². The molecular formula is C17H23N3O. The fraction of sp³-hybridized carbons (Fsp3) is 0.471. The zero-order chi connectivity index (χ0) is 15.2. The average Bonchev–Trinajstić information content (AvgIpc) is 2.89. The number of nitrogens with two attached hydrogens (primary N) is 1. The van der Waals surface area contributed by atoms with E-state index in [4.69, 9.17) is 5.73 Å². The number of hydrogen-bond acceptors (Lipinski definition) is 3. The second-order valence-electron chi connectivity index (χ2n) is 5.47. The third-order valence-corrected chi connectivity index (χ3v) is 4.07. The van der Waals surface area contributed by atoms with Crippen LogP contribution in [-0.4, -0.2) is 43.5 Å². The van der Waals surface area contributed by atoms with Crippen molar-refractivity contribution in [2.24, 2.45) is 5.73 Å². The number of benzene rings is 1. The summed E-state index contributed by atoms with van der Waals surface area (Å²) in [5, 5.41) is 3.04. The van der Waals surface area contributed by atoms with E-state index >= 15 is 0 Å². The summed E-state index contributed by atoms with van der Waals surface area (Å²) in [4.78, 5) is 14.7. The van der Waals surface area contributed by atoms with Crippen LogP contribution < -0.4 is 11.1 Å². The van der Waals surface area contributed by atoms with Crippen LogP contribution in [0.4, 0.5) is 0 Å². The Morgan fingerprint density at radius 2 is 2.33 bits per heavy atom. The van der Waals surface area contributed by atoms with Gasteiger partial charge in [0.15, 0.2) is 0 Å². The lowest BCUT2D eigenvalue weighted by atomic mass is 10.0. The van der Waals surface area contributed by atoms with Gasteiger partial charge in [-0.2, -0.15) is 0 Å². The molecule has 0 radical (unpaired) electrons. The van der Waals surface area contributed by atoms with Crippen molar-refractivity contribution in [2.75, 3.05) is 26.7 Å². The zero-order valence-electron chi connectivity index (χ0n) is 12.8. The molecule has 1 aliphatic heterocycles. The number of likely N-dealkylation sites (tertiary alicyclic amines) is 1. The summed E-state index contributed by atoms with van der Waals surface area (Å²) >= 11 is 0. The van der Waals surface area contributed by atoms with Gasteiger partial charge in [0.25, 0.3) is 5.91 Å². The van der Waals surface area contributed by atoms with E-state index in [0.717, 1.165) is 24.1 Å². The van der Waals surface area contributed by atoms with Gasteiger partial charge in [-0.3, -0.25) is 4.79 Å². The standard InChI is InChI=1S/C17H23N3O/c1-13-14(7-4-10-18)6-3-9-16(13)17(21)19-12-15-8-5-11-20(15)2/h3,6,9,15H,5,8,10-12,18H2,1-2H3,(H,19,21). The average molecular weight is 285 g/mol. The molecule has 1 heterocycles. The summed E-state index contributed by atoms with van der Waals surface area (Å²) < 4.78 is 0.